The fraction of sp³-hybridized carbons (Fsp3) is 0.474. The summed E-state index contributed by atoms with van der Waals surface area (Å²) in [6.45, 7) is 6.88. The maximum Gasteiger partial charge on any atom is 0.256 e. The van der Waals surface area contributed by atoms with Crippen molar-refractivity contribution in [3.05, 3.63) is 35.0 Å². The maximum atomic E-state index is 12.8. The van der Waals surface area contributed by atoms with Gasteiger partial charge in [0.25, 0.3) is 10.0 Å². The highest BCUT2D eigenvalue weighted by molar-refractivity contribution is 7.91. The van der Waals surface area contributed by atoms with Crippen LogP contribution in [0.3, 0.4) is 0 Å². The van der Waals surface area contributed by atoms with E-state index in [-0.39, 0.29) is 32.4 Å². The number of nitrogens with zero attached hydrogens (tertiary/aromatic N) is 3. The number of aromatic hydroxyl groups is 1. The number of thiophene rings is 1. The second-order valence-corrected chi connectivity index (χ2v) is 12.5. The molecule has 0 aliphatic carbocycles. The van der Waals surface area contributed by atoms with E-state index in [9.17, 15) is 18.1 Å². The summed E-state index contributed by atoms with van der Waals surface area (Å²) in [6, 6.07) is 3.19. The summed E-state index contributed by atoms with van der Waals surface area (Å²) in [5, 5.41) is 15.0. The number of anilines is 2. The topological polar surface area (TPSA) is 147 Å². The molecule has 3 aromatic rings. The van der Waals surface area contributed by atoms with Gasteiger partial charge in [-0.05, 0) is 30.4 Å². The van der Waals surface area contributed by atoms with Crippen molar-refractivity contribution < 1.29 is 22.5 Å². The van der Waals surface area contributed by atoms with Crippen LogP contribution in [0.1, 0.15) is 45.4 Å². The largest absolute Gasteiger partial charge is 0.548 e. The quantitative estimate of drug-likeness (QED) is 0.438. The molecule has 3 N–H and O–H groups in total. The van der Waals surface area contributed by atoms with Gasteiger partial charge in [-0.25, -0.2) is 13.4 Å². The number of hydrogen-bond acceptors (Lipinski definition) is 9. The number of rotatable bonds is 6. The molecule has 0 bridgehead atoms. The molecule has 1 unspecified atom stereocenters. The normalized spacial score (nSPS) is 17.8. The Balaban J connectivity index is 1.69. The lowest BCUT2D eigenvalue weighted by Gasteiger charge is -2.24. The van der Waals surface area contributed by atoms with Crippen molar-refractivity contribution in [2.45, 2.75) is 43.9 Å². The van der Waals surface area contributed by atoms with Gasteiger partial charge in [0.15, 0.2) is 21.1 Å². The van der Waals surface area contributed by atoms with Crippen LogP contribution in [-0.2, 0) is 10.0 Å². The number of nitrogens with one attached hydrogen (secondary N) is 2. The average Bonchev–Trinajstić information content (AvgIpc) is 3.48. The monoisotopic (exact) mass is 499 g/mol. The molecule has 1 saturated heterocycles. The average molecular weight is 500 g/mol. The van der Waals surface area contributed by atoms with Gasteiger partial charge in [-0.2, -0.15) is 4.31 Å². The van der Waals surface area contributed by atoms with Crippen LogP contribution in [-0.4, -0.2) is 44.2 Å². The lowest BCUT2D eigenvalue weighted by Crippen LogP contribution is -2.27. The number of aromatic nitrogens is 2. The first kappa shape index (κ1) is 23.0. The van der Waals surface area contributed by atoms with E-state index in [1.165, 1.54) is 9.69 Å². The highest BCUT2D eigenvalue weighted by Gasteiger charge is 2.33. The Kier molecular flexibility index (Phi) is 6.20. The Bertz CT molecular complexity index is 1250. The Morgan fingerprint density at radius 3 is 2.75 bits per heavy atom. The zero-order valence-electron chi connectivity index (χ0n) is 17.9. The molecule has 1 fully saturated rings. The lowest BCUT2D eigenvalue weighted by atomic mass is 9.86. The van der Waals surface area contributed by atoms with Crippen molar-refractivity contribution in [2.24, 2.45) is 10.4 Å². The summed E-state index contributed by atoms with van der Waals surface area (Å²) < 4.78 is 51.3. The molecule has 13 heteroatoms. The van der Waals surface area contributed by atoms with Crippen LogP contribution in [0, 0.1) is 5.41 Å². The minimum absolute atomic E-state index is 0.128. The number of sulfonamides is 1. The molecule has 3 aromatic heterocycles. The Hall–Kier alpha value is -2.19. The van der Waals surface area contributed by atoms with Crippen molar-refractivity contribution in [1.29, 1.82) is 0 Å². The highest BCUT2D eigenvalue weighted by atomic mass is 32.2. The second-order valence-electron chi connectivity index (χ2n) is 8.57. The van der Waals surface area contributed by atoms with E-state index in [1.807, 2.05) is 26.8 Å². The molecule has 4 heterocycles. The summed E-state index contributed by atoms with van der Waals surface area (Å²) in [4.78, 5) is 4.69. The summed E-state index contributed by atoms with van der Waals surface area (Å²) in [7, 11) is -3.77. The van der Waals surface area contributed by atoms with Gasteiger partial charge in [0.05, 0.1) is 12.0 Å². The van der Waals surface area contributed by atoms with E-state index in [1.54, 1.807) is 12.3 Å². The Labute approximate surface area is 192 Å². The molecule has 4 rings (SSSR count). The molecular weight excluding hydrogens is 474 g/mol. The van der Waals surface area contributed by atoms with E-state index < -0.39 is 27.2 Å². The molecule has 2 atom stereocenters. The molecule has 0 saturated carbocycles. The lowest BCUT2D eigenvalue weighted by molar-refractivity contribution is 0.282. The van der Waals surface area contributed by atoms with Gasteiger partial charge in [0, 0.05) is 22.8 Å². The van der Waals surface area contributed by atoms with Crippen LogP contribution in [0.5, 0.6) is 5.75 Å². The first-order chi connectivity index (χ1) is 15.1. The second kappa shape index (κ2) is 8.63. The van der Waals surface area contributed by atoms with Gasteiger partial charge in [-0.15, -0.1) is 15.7 Å². The SMILES string of the molecule is CC(C)(C)[C@@H](N=c1[nH][s+]([O-])nc1Nc1csc(S(=O)(=O)N2CCCC2)c1O)c1ccco1. The molecule has 1 aliphatic heterocycles. The van der Waals surface area contributed by atoms with E-state index in [2.05, 4.69) is 19.1 Å². The molecule has 1 aliphatic rings. The van der Waals surface area contributed by atoms with Crippen molar-refractivity contribution in [3.63, 3.8) is 0 Å². The van der Waals surface area contributed by atoms with Crippen LogP contribution in [0.4, 0.5) is 11.5 Å². The molecule has 0 radical (unpaired) electrons. The molecule has 0 spiro atoms. The van der Waals surface area contributed by atoms with Gasteiger partial charge in [-0.3, -0.25) is 0 Å². The highest BCUT2D eigenvalue weighted by Crippen LogP contribution is 2.41. The third-order valence-electron chi connectivity index (χ3n) is 5.10. The van der Waals surface area contributed by atoms with E-state index >= 15 is 0 Å². The molecular formula is C19H25N5O5S3. The molecule has 0 amide bonds. The van der Waals surface area contributed by atoms with Crippen molar-refractivity contribution in [1.82, 2.24) is 13.1 Å². The predicted molar refractivity (Wildman–Crippen MR) is 121 cm³/mol. The molecule has 174 valence electrons. The number of hydrogen-bond donors (Lipinski definition) is 3. The van der Waals surface area contributed by atoms with Crippen LogP contribution in [0.25, 0.3) is 0 Å². The van der Waals surface area contributed by atoms with Crippen LogP contribution >= 0.6 is 22.5 Å². The number of furan rings is 1. The summed E-state index contributed by atoms with van der Waals surface area (Å²) in [5.74, 6) is 0.392. The zero-order valence-corrected chi connectivity index (χ0v) is 20.3. The third kappa shape index (κ3) is 4.48. The smallest absolute Gasteiger partial charge is 0.256 e. The van der Waals surface area contributed by atoms with Gasteiger partial charge < -0.3 is 19.4 Å². The number of H-pyrrole nitrogens is 1. The maximum absolute atomic E-state index is 12.8. The minimum atomic E-state index is -3.77. The van der Waals surface area contributed by atoms with E-state index in [4.69, 9.17) is 4.42 Å². The van der Waals surface area contributed by atoms with Crippen LogP contribution in [0.15, 0.2) is 37.4 Å². The third-order valence-corrected chi connectivity index (χ3v) is 9.20. The van der Waals surface area contributed by atoms with E-state index in [0.29, 0.717) is 18.8 Å². The first-order valence-electron chi connectivity index (χ1n) is 10.0. The minimum Gasteiger partial charge on any atom is -0.548 e. The van der Waals surface area contributed by atoms with Gasteiger partial charge in [0.1, 0.15) is 11.8 Å². The van der Waals surface area contributed by atoms with Crippen LogP contribution in [0.2, 0.25) is 0 Å². The van der Waals surface area contributed by atoms with Crippen LogP contribution < -0.4 is 10.8 Å². The first-order valence-corrected chi connectivity index (χ1v) is 13.5. The van der Waals surface area contributed by atoms with Gasteiger partial charge in [0.2, 0.25) is 11.3 Å². The standard InChI is InChI=1S/C19H25N5O5S3/c1-19(2,3)15(13-7-6-10-29-13)21-17-16(22-31(26)23-17)20-12-11-30-18(14(12)25)32(27,28)24-8-4-5-9-24/h6-7,10-11,15,25H,4-5,8-9H2,1-3H3,(H,20,22)(H,21,23)/t15-,31?/m0/s1. The van der Waals surface area contributed by atoms with Crippen molar-refractivity contribution in [3.8, 4) is 5.75 Å². The van der Waals surface area contributed by atoms with Crippen molar-refractivity contribution >= 4 is 44.0 Å². The molecule has 10 nitrogen and oxygen atoms in total. The predicted octanol–water partition coefficient (Wildman–Crippen LogP) is 3.71. The number of aromatic amines is 1. The fourth-order valence-corrected chi connectivity index (χ4v) is 7.04. The Morgan fingerprint density at radius 2 is 2.12 bits per heavy atom. The zero-order chi connectivity index (χ0) is 23.1. The van der Waals surface area contributed by atoms with E-state index in [0.717, 1.165) is 24.2 Å². The van der Waals surface area contributed by atoms with Crippen molar-refractivity contribution in [2.75, 3.05) is 18.4 Å². The van der Waals surface area contributed by atoms with Gasteiger partial charge >= 0.3 is 0 Å². The summed E-state index contributed by atoms with van der Waals surface area (Å²) >= 11 is -0.833. The summed E-state index contributed by atoms with van der Waals surface area (Å²) in [6.07, 6.45) is 3.16. The Morgan fingerprint density at radius 1 is 1.41 bits per heavy atom. The summed E-state index contributed by atoms with van der Waals surface area (Å²) in [5.41, 5.74) is 0.0721. The van der Waals surface area contributed by atoms with Gasteiger partial charge in [-0.1, -0.05) is 20.8 Å². The molecule has 0 aromatic carbocycles. The fourth-order valence-electron chi connectivity index (χ4n) is 3.49. The molecule has 32 heavy (non-hydrogen) atoms.